The van der Waals surface area contributed by atoms with Crippen molar-refractivity contribution in [1.29, 1.82) is 0 Å². The summed E-state index contributed by atoms with van der Waals surface area (Å²) in [6.07, 6.45) is 3.83. The van der Waals surface area contributed by atoms with Crippen LogP contribution in [0.1, 0.15) is 37.8 Å². The molecule has 1 aliphatic heterocycles. The fourth-order valence-corrected chi connectivity index (χ4v) is 2.81. The largest absolute Gasteiger partial charge is 0.330 e. The Morgan fingerprint density at radius 2 is 1.88 bits per heavy atom. The number of nitrogens with two attached hydrogens (primary N) is 1. The van der Waals surface area contributed by atoms with Gasteiger partial charge in [-0.2, -0.15) is 0 Å². The van der Waals surface area contributed by atoms with Crippen molar-refractivity contribution in [3.8, 4) is 0 Å². The van der Waals surface area contributed by atoms with Crippen molar-refractivity contribution in [1.82, 2.24) is 4.90 Å². The minimum atomic E-state index is 0.551. The molecule has 2 rings (SSSR count). The molecule has 1 aliphatic rings. The molecule has 2 heteroatoms. The molecule has 2 N–H and O–H groups in total. The van der Waals surface area contributed by atoms with E-state index in [1.54, 1.807) is 0 Å². The predicted octanol–water partition coefficient (Wildman–Crippen LogP) is 2.81. The first kappa shape index (κ1) is 12.6. The van der Waals surface area contributed by atoms with Crippen molar-refractivity contribution in [3.05, 3.63) is 35.9 Å². The summed E-state index contributed by atoms with van der Waals surface area (Å²) in [5.74, 6) is 0.860. The summed E-state index contributed by atoms with van der Waals surface area (Å²) >= 11 is 0. The summed E-state index contributed by atoms with van der Waals surface area (Å²) in [5, 5.41) is 0. The van der Waals surface area contributed by atoms with Crippen LogP contribution in [0.4, 0.5) is 0 Å². The number of benzene rings is 1. The Hall–Kier alpha value is -0.860. The smallest absolute Gasteiger partial charge is 0.0319 e. The standard InChI is InChI=1S/C15H24N2/c1-13(15-5-3-2-4-6-15)17-11-8-14(7-10-16)9-12-17/h2-6,13-14H,7-12,16H2,1H3. The molecular formula is C15H24N2. The highest BCUT2D eigenvalue weighted by Crippen LogP contribution is 2.27. The van der Waals surface area contributed by atoms with Gasteiger partial charge < -0.3 is 5.73 Å². The van der Waals surface area contributed by atoms with Gasteiger partial charge in [0, 0.05) is 6.04 Å². The van der Waals surface area contributed by atoms with Crippen LogP contribution in [-0.2, 0) is 0 Å². The maximum Gasteiger partial charge on any atom is 0.0319 e. The van der Waals surface area contributed by atoms with Crippen LogP contribution in [0, 0.1) is 5.92 Å². The normalized spacial score (nSPS) is 20.4. The number of hydrogen-bond acceptors (Lipinski definition) is 2. The number of rotatable bonds is 4. The zero-order valence-corrected chi connectivity index (χ0v) is 10.8. The van der Waals surface area contributed by atoms with Gasteiger partial charge in [-0.05, 0) is 57.3 Å². The molecule has 0 bridgehead atoms. The molecule has 0 aromatic heterocycles. The Morgan fingerprint density at radius 1 is 1.24 bits per heavy atom. The fourth-order valence-electron chi connectivity index (χ4n) is 2.81. The summed E-state index contributed by atoms with van der Waals surface area (Å²) in [4.78, 5) is 2.60. The third kappa shape index (κ3) is 3.30. The Morgan fingerprint density at radius 3 is 2.47 bits per heavy atom. The molecule has 0 radical (unpaired) electrons. The van der Waals surface area contributed by atoms with Crippen molar-refractivity contribution in [2.75, 3.05) is 19.6 Å². The zero-order valence-electron chi connectivity index (χ0n) is 10.8. The second-order valence-electron chi connectivity index (χ2n) is 5.14. The van der Waals surface area contributed by atoms with Gasteiger partial charge >= 0.3 is 0 Å². The molecule has 94 valence electrons. The van der Waals surface area contributed by atoms with Crippen molar-refractivity contribution in [2.45, 2.75) is 32.2 Å². The van der Waals surface area contributed by atoms with Gasteiger partial charge in [-0.3, -0.25) is 4.90 Å². The summed E-state index contributed by atoms with van der Waals surface area (Å²) in [7, 11) is 0. The van der Waals surface area contributed by atoms with Crippen LogP contribution in [0.25, 0.3) is 0 Å². The molecule has 0 aliphatic carbocycles. The average molecular weight is 232 g/mol. The Balaban J connectivity index is 1.88. The maximum atomic E-state index is 5.63. The Kier molecular flexibility index (Phi) is 4.57. The third-order valence-corrected chi connectivity index (χ3v) is 4.05. The van der Waals surface area contributed by atoms with E-state index in [0.717, 1.165) is 12.5 Å². The van der Waals surface area contributed by atoms with E-state index in [4.69, 9.17) is 5.73 Å². The van der Waals surface area contributed by atoms with Crippen LogP contribution in [0.3, 0.4) is 0 Å². The Bertz CT molecular complexity index is 315. The van der Waals surface area contributed by atoms with Crippen LogP contribution < -0.4 is 5.73 Å². The molecule has 1 saturated heterocycles. The fraction of sp³-hybridized carbons (Fsp3) is 0.600. The lowest BCUT2D eigenvalue weighted by molar-refractivity contribution is 0.138. The van der Waals surface area contributed by atoms with Gasteiger partial charge in [-0.25, -0.2) is 0 Å². The highest BCUT2D eigenvalue weighted by molar-refractivity contribution is 5.18. The molecule has 1 atom stereocenters. The molecule has 2 nitrogen and oxygen atoms in total. The predicted molar refractivity (Wildman–Crippen MR) is 72.8 cm³/mol. The SMILES string of the molecule is CC(c1ccccc1)N1CCC(CCN)CC1. The minimum Gasteiger partial charge on any atom is -0.330 e. The summed E-state index contributed by atoms with van der Waals surface area (Å²) in [6, 6.07) is 11.4. The van der Waals surface area contributed by atoms with Crippen molar-refractivity contribution in [2.24, 2.45) is 11.7 Å². The third-order valence-electron chi connectivity index (χ3n) is 4.05. The van der Waals surface area contributed by atoms with Gasteiger partial charge in [-0.1, -0.05) is 30.3 Å². The maximum absolute atomic E-state index is 5.63. The van der Waals surface area contributed by atoms with Crippen LogP contribution in [-0.4, -0.2) is 24.5 Å². The number of likely N-dealkylation sites (tertiary alicyclic amines) is 1. The molecule has 1 heterocycles. The lowest BCUT2D eigenvalue weighted by atomic mass is 9.92. The summed E-state index contributed by atoms with van der Waals surface area (Å²) in [5.41, 5.74) is 7.07. The van der Waals surface area contributed by atoms with Crippen LogP contribution >= 0.6 is 0 Å². The highest BCUT2D eigenvalue weighted by Gasteiger charge is 2.22. The van der Waals surface area contributed by atoms with Gasteiger partial charge in [-0.15, -0.1) is 0 Å². The quantitative estimate of drug-likeness (QED) is 0.865. The second kappa shape index (κ2) is 6.18. The lowest BCUT2D eigenvalue weighted by Gasteiger charge is -2.36. The van der Waals surface area contributed by atoms with Crippen molar-refractivity contribution >= 4 is 0 Å². The van der Waals surface area contributed by atoms with E-state index >= 15 is 0 Å². The van der Waals surface area contributed by atoms with E-state index < -0.39 is 0 Å². The van der Waals surface area contributed by atoms with E-state index in [2.05, 4.69) is 42.2 Å². The van der Waals surface area contributed by atoms with Crippen molar-refractivity contribution < 1.29 is 0 Å². The molecule has 1 aromatic carbocycles. The van der Waals surface area contributed by atoms with E-state index in [1.165, 1.54) is 37.9 Å². The lowest BCUT2D eigenvalue weighted by Crippen LogP contribution is -2.36. The van der Waals surface area contributed by atoms with Crippen molar-refractivity contribution in [3.63, 3.8) is 0 Å². The number of piperidine rings is 1. The highest BCUT2D eigenvalue weighted by atomic mass is 15.2. The van der Waals surface area contributed by atoms with Crippen LogP contribution in [0.15, 0.2) is 30.3 Å². The summed E-state index contributed by atoms with van der Waals surface area (Å²) < 4.78 is 0. The molecular weight excluding hydrogens is 208 g/mol. The molecule has 1 unspecified atom stereocenters. The monoisotopic (exact) mass is 232 g/mol. The van der Waals surface area contributed by atoms with E-state index in [-0.39, 0.29) is 0 Å². The minimum absolute atomic E-state index is 0.551. The van der Waals surface area contributed by atoms with Gasteiger partial charge in [0.2, 0.25) is 0 Å². The van der Waals surface area contributed by atoms with Crippen LogP contribution in [0.2, 0.25) is 0 Å². The topological polar surface area (TPSA) is 29.3 Å². The molecule has 1 fully saturated rings. The van der Waals surface area contributed by atoms with Gasteiger partial charge in [0.05, 0.1) is 0 Å². The average Bonchev–Trinajstić information content (AvgIpc) is 2.40. The first-order valence-corrected chi connectivity index (χ1v) is 6.80. The molecule has 1 aromatic rings. The molecule has 0 saturated carbocycles. The Labute approximate surface area is 105 Å². The van der Waals surface area contributed by atoms with E-state index in [9.17, 15) is 0 Å². The molecule has 0 amide bonds. The van der Waals surface area contributed by atoms with E-state index in [1.807, 2.05) is 0 Å². The first-order chi connectivity index (χ1) is 8.31. The summed E-state index contributed by atoms with van der Waals surface area (Å²) in [6.45, 7) is 5.61. The number of nitrogens with zero attached hydrogens (tertiary/aromatic N) is 1. The zero-order chi connectivity index (χ0) is 12.1. The first-order valence-electron chi connectivity index (χ1n) is 6.80. The molecule has 17 heavy (non-hydrogen) atoms. The van der Waals surface area contributed by atoms with Gasteiger partial charge in [0.15, 0.2) is 0 Å². The second-order valence-corrected chi connectivity index (χ2v) is 5.14. The van der Waals surface area contributed by atoms with Crippen LogP contribution in [0.5, 0.6) is 0 Å². The van der Waals surface area contributed by atoms with Gasteiger partial charge in [0.1, 0.15) is 0 Å². The van der Waals surface area contributed by atoms with Gasteiger partial charge in [0.25, 0.3) is 0 Å². The molecule has 0 spiro atoms. The number of hydrogen-bond donors (Lipinski definition) is 1. The van der Waals surface area contributed by atoms with E-state index in [0.29, 0.717) is 6.04 Å².